The maximum atomic E-state index is 11.5. The van der Waals surface area contributed by atoms with Crippen molar-refractivity contribution in [3.63, 3.8) is 0 Å². The Morgan fingerprint density at radius 3 is 2.58 bits per heavy atom. The lowest BCUT2D eigenvalue weighted by Crippen LogP contribution is -2.38. The third-order valence-electron chi connectivity index (χ3n) is 2.74. The van der Waals surface area contributed by atoms with Crippen LogP contribution >= 0.6 is 0 Å². The lowest BCUT2D eigenvalue weighted by molar-refractivity contribution is -0.125. The molecule has 5 nitrogen and oxygen atoms in total. The lowest BCUT2D eigenvalue weighted by Gasteiger charge is -2.15. The van der Waals surface area contributed by atoms with Gasteiger partial charge in [-0.25, -0.2) is 0 Å². The van der Waals surface area contributed by atoms with E-state index < -0.39 is 18.1 Å². The summed E-state index contributed by atoms with van der Waals surface area (Å²) >= 11 is 0. The summed E-state index contributed by atoms with van der Waals surface area (Å²) in [5, 5.41) is 12.0. The predicted octanol–water partition coefficient (Wildman–Crippen LogP) is 0.379. The minimum atomic E-state index is -1.07. The number of amides is 2. The van der Waals surface area contributed by atoms with Gasteiger partial charge in [-0.1, -0.05) is 37.3 Å². The Hall–Kier alpha value is -1.88. The maximum absolute atomic E-state index is 11.5. The molecule has 2 unspecified atom stereocenters. The fraction of sp³-hybridized carbons (Fsp3) is 0.357. The van der Waals surface area contributed by atoms with E-state index in [0.717, 1.165) is 5.56 Å². The highest BCUT2D eigenvalue weighted by molar-refractivity contribution is 5.85. The second-order valence-electron chi connectivity index (χ2n) is 4.46. The van der Waals surface area contributed by atoms with Crippen LogP contribution in [-0.4, -0.2) is 23.1 Å². The number of aliphatic hydroxyl groups is 1. The van der Waals surface area contributed by atoms with Crippen molar-refractivity contribution in [3.8, 4) is 0 Å². The molecule has 0 aliphatic rings. The first-order valence-corrected chi connectivity index (χ1v) is 6.14. The number of nitrogens with two attached hydrogens (primary N) is 1. The Kier molecular flexibility index (Phi) is 6.02. The minimum Gasteiger partial charge on any atom is -0.374 e. The van der Waals surface area contributed by atoms with Crippen molar-refractivity contribution in [2.24, 2.45) is 11.7 Å². The van der Waals surface area contributed by atoms with Crippen molar-refractivity contribution in [1.29, 1.82) is 0 Å². The van der Waals surface area contributed by atoms with Crippen LogP contribution in [0.3, 0.4) is 0 Å². The molecule has 0 heterocycles. The number of aliphatic hydroxyl groups excluding tert-OH is 1. The van der Waals surface area contributed by atoms with Crippen LogP contribution in [0.4, 0.5) is 0 Å². The average Bonchev–Trinajstić information content (AvgIpc) is 2.37. The largest absolute Gasteiger partial charge is 0.374 e. The van der Waals surface area contributed by atoms with Crippen LogP contribution in [0.5, 0.6) is 0 Å². The molecule has 2 amide bonds. The summed E-state index contributed by atoms with van der Waals surface area (Å²) in [6.07, 6.45) is 0.987. The van der Waals surface area contributed by atoms with Gasteiger partial charge in [-0.3, -0.25) is 9.59 Å². The Labute approximate surface area is 112 Å². The number of hydrogen-bond donors (Lipinski definition) is 3. The van der Waals surface area contributed by atoms with Gasteiger partial charge in [0.15, 0.2) is 0 Å². The van der Waals surface area contributed by atoms with Gasteiger partial charge in [0.05, 0.1) is 6.42 Å². The van der Waals surface area contributed by atoms with Crippen LogP contribution in [0.1, 0.15) is 18.9 Å². The number of primary amides is 1. The molecule has 2 atom stereocenters. The van der Waals surface area contributed by atoms with Gasteiger partial charge in [0.2, 0.25) is 11.8 Å². The lowest BCUT2D eigenvalue weighted by atomic mass is 10.1. The average molecular weight is 263 g/mol. The smallest absolute Gasteiger partial charge is 0.226 e. The van der Waals surface area contributed by atoms with Crippen LogP contribution in [0.25, 0.3) is 0 Å². The second kappa shape index (κ2) is 7.53. The third-order valence-corrected chi connectivity index (χ3v) is 2.74. The van der Waals surface area contributed by atoms with E-state index in [2.05, 4.69) is 5.32 Å². The zero-order chi connectivity index (χ0) is 14.3. The predicted molar refractivity (Wildman–Crippen MR) is 71.6 cm³/mol. The van der Waals surface area contributed by atoms with Gasteiger partial charge < -0.3 is 16.2 Å². The van der Waals surface area contributed by atoms with E-state index in [-0.39, 0.29) is 12.3 Å². The topological polar surface area (TPSA) is 92.4 Å². The second-order valence-corrected chi connectivity index (χ2v) is 4.46. The molecule has 0 aliphatic heterocycles. The van der Waals surface area contributed by atoms with E-state index >= 15 is 0 Å². The fourth-order valence-electron chi connectivity index (χ4n) is 1.56. The van der Waals surface area contributed by atoms with Crippen LogP contribution in [0, 0.1) is 12.3 Å². The number of rotatable bonds is 7. The summed E-state index contributed by atoms with van der Waals surface area (Å²) < 4.78 is 0. The number of carbonyl (C=O) groups excluding carboxylic acids is 2. The highest BCUT2D eigenvalue weighted by Crippen LogP contribution is 2.05. The molecule has 1 aromatic rings. The zero-order valence-corrected chi connectivity index (χ0v) is 10.9. The number of hydrogen-bond acceptors (Lipinski definition) is 3. The van der Waals surface area contributed by atoms with Gasteiger partial charge in [0.25, 0.3) is 0 Å². The minimum absolute atomic E-state index is 0.111. The van der Waals surface area contributed by atoms with E-state index in [4.69, 9.17) is 5.73 Å². The molecule has 0 saturated carbocycles. The first-order valence-electron chi connectivity index (χ1n) is 6.14. The maximum Gasteiger partial charge on any atom is 0.226 e. The summed E-state index contributed by atoms with van der Waals surface area (Å²) in [5.74, 6) is -1.35. The molecule has 0 aliphatic carbocycles. The third kappa shape index (κ3) is 6.01. The standard InChI is InChI=1S/C14H19N2O3/c1-10(14(15)19)9-13(18)16-12(17)8-7-11-5-3-2-4-6-11/h2-6,8,10,13,18H,7,9H2,1H3,(H2,15,19)(H,16,17). The Morgan fingerprint density at radius 2 is 2.00 bits per heavy atom. The quantitative estimate of drug-likeness (QED) is 0.621. The van der Waals surface area contributed by atoms with Crippen molar-refractivity contribution >= 4 is 11.8 Å². The van der Waals surface area contributed by atoms with Gasteiger partial charge in [0, 0.05) is 12.3 Å². The number of benzene rings is 1. The van der Waals surface area contributed by atoms with Crippen molar-refractivity contribution in [3.05, 3.63) is 42.3 Å². The Balaban J connectivity index is 2.29. The van der Waals surface area contributed by atoms with Crippen molar-refractivity contribution in [2.45, 2.75) is 26.0 Å². The SMILES string of the molecule is CC(CC(O)NC(=O)[CH]Cc1ccccc1)C(N)=O. The number of carbonyl (C=O) groups is 2. The Bertz CT molecular complexity index is 420. The monoisotopic (exact) mass is 263 g/mol. The summed E-state index contributed by atoms with van der Waals surface area (Å²) in [7, 11) is 0. The molecule has 1 radical (unpaired) electrons. The Morgan fingerprint density at radius 1 is 1.37 bits per heavy atom. The van der Waals surface area contributed by atoms with Crippen LogP contribution in [0.2, 0.25) is 0 Å². The summed E-state index contributed by atoms with van der Waals surface area (Å²) in [4.78, 5) is 22.4. The molecule has 103 valence electrons. The molecular formula is C14H19N2O3. The summed E-state index contributed by atoms with van der Waals surface area (Å²) in [6, 6.07) is 9.51. The zero-order valence-electron chi connectivity index (χ0n) is 10.9. The van der Waals surface area contributed by atoms with E-state index in [1.165, 1.54) is 6.42 Å². The van der Waals surface area contributed by atoms with E-state index in [0.29, 0.717) is 6.42 Å². The van der Waals surface area contributed by atoms with Gasteiger partial charge >= 0.3 is 0 Å². The van der Waals surface area contributed by atoms with Gasteiger partial charge in [-0.15, -0.1) is 0 Å². The van der Waals surface area contributed by atoms with E-state index in [9.17, 15) is 14.7 Å². The van der Waals surface area contributed by atoms with Gasteiger partial charge in [0.1, 0.15) is 6.23 Å². The van der Waals surface area contributed by atoms with Crippen LogP contribution in [0.15, 0.2) is 30.3 Å². The van der Waals surface area contributed by atoms with Gasteiger partial charge in [-0.2, -0.15) is 0 Å². The molecule has 1 rings (SSSR count). The van der Waals surface area contributed by atoms with Crippen LogP contribution in [-0.2, 0) is 16.0 Å². The molecule has 19 heavy (non-hydrogen) atoms. The molecule has 0 aromatic heterocycles. The highest BCUT2D eigenvalue weighted by atomic mass is 16.3. The highest BCUT2D eigenvalue weighted by Gasteiger charge is 2.16. The number of nitrogens with one attached hydrogen (secondary N) is 1. The van der Waals surface area contributed by atoms with Crippen molar-refractivity contribution < 1.29 is 14.7 Å². The van der Waals surface area contributed by atoms with Crippen molar-refractivity contribution in [1.82, 2.24) is 5.32 Å². The molecule has 5 heteroatoms. The van der Waals surface area contributed by atoms with Crippen LogP contribution < -0.4 is 11.1 Å². The summed E-state index contributed by atoms with van der Waals surface area (Å²) in [6.45, 7) is 1.60. The molecule has 0 saturated heterocycles. The molecule has 0 fully saturated rings. The first kappa shape index (κ1) is 15.2. The molecular weight excluding hydrogens is 244 g/mol. The van der Waals surface area contributed by atoms with E-state index in [1.54, 1.807) is 6.92 Å². The van der Waals surface area contributed by atoms with E-state index in [1.807, 2.05) is 30.3 Å². The fourth-order valence-corrected chi connectivity index (χ4v) is 1.56. The van der Waals surface area contributed by atoms with Crippen molar-refractivity contribution in [2.75, 3.05) is 0 Å². The normalized spacial score (nSPS) is 13.6. The summed E-state index contributed by atoms with van der Waals surface area (Å²) in [5.41, 5.74) is 6.09. The molecule has 0 bridgehead atoms. The molecule has 4 N–H and O–H groups in total. The van der Waals surface area contributed by atoms with Gasteiger partial charge in [-0.05, 0) is 12.0 Å². The molecule has 1 aromatic carbocycles. The molecule has 0 spiro atoms. The first-order chi connectivity index (χ1) is 8.99.